The molecule has 0 aliphatic heterocycles. The SMILES string of the molecule is O=c1[nH]c(COc2ccccc2Br)nc2ccsc12. The molecule has 19 heavy (non-hydrogen) atoms. The maximum atomic E-state index is 11.8. The summed E-state index contributed by atoms with van der Waals surface area (Å²) in [6, 6.07) is 9.38. The van der Waals surface area contributed by atoms with Crippen molar-refractivity contribution in [1.29, 1.82) is 0 Å². The number of rotatable bonds is 3. The maximum Gasteiger partial charge on any atom is 0.268 e. The quantitative estimate of drug-likeness (QED) is 0.798. The van der Waals surface area contributed by atoms with E-state index in [1.165, 1.54) is 11.3 Å². The summed E-state index contributed by atoms with van der Waals surface area (Å²) >= 11 is 4.79. The molecule has 0 amide bonds. The fourth-order valence-corrected chi connectivity index (χ4v) is 2.82. The van der Waals surface area contributed by atoms with Crippen LogP contribution in [-0.2, 0) is 6.61 Å². The van der Waals surface area contributed by atoms with E-state index in [4.69, 9.17) is 4.74 Å². The third kappa shape index (κ3) is 2.54. The molecule has 0 spiro atoms. The van der Waals surface area contributed by atoms with Crippen molar-refractivity contribution in [3.63, 3.8) is 0 Å². The molecule has 0 aliphatic rings. The van der Waals surface area contributed by atoms with Gasteiger partial charge in [0.15, 0.2) is 0 Å². The molecule has 2 aromatic heterocycles. The van der Waals surface area contributed by atoms with E-state index in [0.717, 1.165) is 10.2 Å². The van der Waals surface area contributed by atoms with Crippen molar-refractivity contribution in [3.8, 4) is 5.75 Å². The van der Waals surface area contributed by atoms with Gasteiger partial charge in [-0.15, -0.1) is 11.3 Å². The van der Waals surface area contributed by atoms with Crippen LogP contribution in [0.25, 0.3) is 10.2 Å². The lowest BCUT2D eigenvalue weighted by atomic mass is 10.3. The number of halogens is 1. The van der Waals surface area contributed by atoms with Gasteiger partial charge in [-0.3, -0.25) is 4.79 Å². The monoisotopic (exact) mass is 336 g/mol. The largest absolute Gasteiger partial charge is 0.485 e. The fourth-order valence-electron chi connectivity index (χ4n) is 1.70. The van der Waals surface area contributed by atoms with Crippen LogP contribution >= 0.6 is 27.3 Å². The van der Waals surface area contributed by atoms with Gasteiger partial charge in [0.2, 0.25) is 0 Å². The lowest BCUT2D eigenvalue weighted by Gasteiger charge is -2.07. The van der Waals surface area contributed by atoms with E-state index in [2.05, 4.69) is 25.9 Å². The molecule has 2 heterocycles. The average molecular weight is 337 g/mol. The molecule has 96 valence electrons. The minimum Gasteiger partial charge on any atom is -0.485 e. The average Bonchev–Trinajstić information content (AvgIpc) is 2.87. The summed E-state index contributed by atoms with van der Waals surface area (Å²) in [7, 11) is 0. The van der Waals surface area contributed by atoms with Crippen LogP contribution in [0.1, 0.15) is 5.82 Å². The topological polar surface area (TPSA) is 55.0 Å². The minimum atomic E-state index is -0.120. The number of nitrogens with zero attached hydrogens (tertiary/aromatic N) is 1. The molecule has 0 unspecified atom stereocenters. The van der Waals surface area contributed by atoms with Crippen molar-refractivity contribution in [3.05, 3.63) is 56.4 Å². The van der Waals surface area contributed by atoms with Gasteiger partial charge in [0.25, 0.3) is 5.56 Å². The molecular formula is C13H9BrN2O2S. The van der Waals surface area contributed by atoms with Crippen molar-refractivity contribution in [2.45, 2.75) is 6.61 Å². The van der Waals surface area contributed by atoms with Crippen LogP contribution in [0.5, 0.6) is 5.75 Å². The number of benzene rings is 1. The Morgan fingerprint density at radius 1 is 1.32 bits per heavy atom. The van der Waals surface area contributed by atoms with Crippen molar-refractivity contribution < 1.29 is 4.74 Å². The predicted molar refractivity (Wildman–Crippen MR) is 78.7 cm³/mol. The second kappa shape index (κ2) is 5.14. The first kappa shape index (κ1) is 12.4. The Bertz CT molecular complexity index is 781. The summed E-state index contributed by atoms with van der Waals surface area (Å²) in [5.41, 5.74) is 0.588. The molecule has 0 atom stereocenters. The maximum absolute atomic E-state index is 11.8. The zero-order valence-electron chi connectivity index (χ0n) is 9.72. The number of fused-ring (bicyclic) bond motifs is 1. The van der Waals surface area contributed by atoms with Gasteiger partial charge in [-0.05, 0) is 39.5 Å². The lowest BCUT2D eigenvalue weighted by Crippen LogP contribution is -2.12. The van der Waals surface area contributed by atoms with Crippen molar-refractivity contribution in [2.24, 2.45) is 0 Å². The number of nitrogens with one attached hydrogen (secondary N) is 1. The van der Waals surface area contributed by atoms with Crippen LogP contribution in [0, 0.1) is 0 Å². The van der Waals surface area contributed by atoms with Crippen LogP contribution in [0.2, 0.25) is 0 Å². The molecule has 1 aromatic carbocycles. The highest BCUT2D eigenvalue weighted by Crippen LogP contribution is 2.24. The third-order valence-corrected chi connectivity index (χ3v) is 4.12. The van der Waals surface area contributed by atoms with E-state index in [9.17, 15) is 4.79 Å². The number of aromatic nitrogens is 2. The van der Waals surface area contributed by atoms with Gasteiger partial charge in [0, 0.05) is 0 Å². The minimum absolute atomic E-state index is 0.120. The summed E-state index contributed by atoms with van der Waals surface area (Å²) in [6.07, 6.45) is 0. The van der Waals surface area contributed by atoms with Gasteiger partial charge in [0.1, 0.15) is 22.9 Å². The van der Waals surface area contributed by atoms with E-state index >= 15 is 0 Å². The third-order valence-electron chi connectivity index (χ3n) is 2.56. The van der Waals surface area contributed by atoms with E-state index in [1.807, 2.05) is 35.7 Å². The number of ether oxygens (including phenoxy) is 1. The Morgan fingerprint density at radius 3 is 3.00 bits per heavy atom. The molecule has 0 aliphatic carbocycles. The first-order chi connectivity index (χ1) is 9.24. The summed E-state index contributed by atoms with van der Waals surface area (Å²) in [5, 5.41) is 1.85. The summed E-state index contributed by atoms with van der Waals surface area (Å²) in [5.74, 6) is 1.24. The van der Waals surface area contributed by atoms with E-state index < -0.39 is 0 Å². The Hall–Kier alpha value is -1.66. The first-order valence-electron chi connectivity index (χ1n) is 5.58. The number of hydrogen-bond donors (Lipinski definition) is 1. The summed E-state index contributed by atoms with van der Waals surface area (Å²) in [4.78, 5) is 18.9. The zero-order chi connectivity index (χ0) is 13.2. The molecule has 4 nitrogen and oxygen atoms in total. The van der Waals surface area contributed by atoms with Crippen molar-refractivity contribution in [1.82, 2.24) is 9.97 Å². The van der Waals surface area contributed by atoms with Crippen LogP contribution in [-0.4, -0.2) is 9.97 Å². The molecule has 3 aromatic rings. The number of hydrogen-bond acceptors (Lipinski definition) is 4. The Kier molecular flexibility index (Phi) is 3.35. The van der Waals surface area contributed by atoms with E-state index in [1.54, 1.807) is 0 Å². The highest BCUT2D eigenvalue weighted by Gasteiger charge is 2.06. The molecular weight excluding hydrogens is 328 g/mol. The molecule has 0 saturated carbocycles. The van der Waals surface area contributed by atoms with Crippen molar-refractivity contribution in [2.75, 3.05) is 0 Å². The van der Waals surface area contributed by atoms with Gasteiger partial charge in [0.05, 0.1) is 9.99 Å². The van der Waals surface area contributed by atoms with Gasteiger partial charge >= 0.3 is 0 Å². The lowest BCUT2D eigenvalue weighted by molar-refractivity contribution is 0.294. The van der Waals surface area contributed by atoms with Gasteiger partial charge in [-0.1, -0.05) is 12.1 Å². The van der Waals surface area contributed by atoms with Gasteiger partial charge in [-0.25, -0.2) is 4.98 Å². The Morgan fingerprint density at radius 2 is 2.16 bits per heavy atom. The van der Waals surface area contributed by atoms with Crippen molar-refractivity contribution >= 4 is 37.5 Å². The second-order valence-electron chi connectivity index (χ2n) is 3.87. The van der Waals surface area contributed by atoms with Gasteiger partial charge < -0.3 is 9.72 Å². The molecule has 0 fully saturated rings. The highest BCUT2D eigenvalue weighted by molar-refractivity contribution is 9.10. The predicted octanol–water partition coefficient (Wildman–Crippen LogP) is 3.33. The van der Waals surface area contributed by atoms with Crippen LogP contribution in [0.3, 0.4) is 0 Å². The first-order valence-corrected chi connectivity index (χ1v) is 7.25. The summed E-state index contributed by atoms with van der Waals surface area (Å²) < 4.78 is 7.14. The number of H-pyrrole nitrogens is 1. The molecule has 0 radical (unpaired) electrons. The molecule has 3 rings (SSSR count). The number of thiophene rings is 1. The van der Waals surface area contributed by atoms with Crippen LogP contribution < -0.4 is 10.3 Å². The molecule has 1 N–H and O–H groups in total. The van der Waals surface area contributed by atoms with Gasteiger partial charge in [-0.2, -0.15) is 0 Å². The molecule has 0 saturated heterocycles. The normalized spacial score (nSPS) is 10.8. The molecule has 0 bridgehead atoms. The number of para-hydroxylation sites is 1. The fraction of sp³-hybridized carbons (Fsp3) is 0.0769. The smallest absolute Gasteiger partial charge is 0.268 e. The Labute approximate surface area is 121 Å². The number of aromatic amines is 1. The van der Waals surface area contributed by atoms with Crippen LogP contribution in [0.4, 0.5) is 0 Å². The standard InChI is InChI=1S/C13H9BrN2O2S/c14-8-3-1-2-4-10(8)18-7-11-15-9-5-6-19-12(9)13(17)16-11/h1-6H,7H2,(H,15,16,17). The molecule has 6 heteroatoms. The Balaban J connectivity index is 1.86. The van der Waals surface area contributed by atoms with E-state index in [0.29, 0.717) is 16.0 Å². The van der Waals surface area contributed by atoms with Crippen LogP contribution in [0.15, 0.2) is 45.0 Å². The highest BCUT2D eigenvalue weighted by atomic mass is 79.9. The zero-order valence-corrected chi connectivity index (χ0v) is 12.1. The van der Waals surface area contributed by atoms with E-state index in [-0.39, 0.29) is 12.2 Å². The second-order valence-corrected chi connectivity index (χ2v) is 5.64. The summed E-state index contributed by atoms with van der Waals surface area (Å²) in [6.45, 7) is 0.226.